The summed E-state index contributed by atoms with van der Waals surface area (Å²) in [6, 6.07) is 4.03. The first-order valence-electron chi connectivity index (χ1n) is 6.86. The van der Waals surface area contributed by atoms with Crippen molar-refractivity contribution < 1.29 is 8.42 Å². The van der Waals surface area contributed by atoms with Gasteiger partial charge in [0.15, 0.2) is 0 Å². The molecule has 0 radical (unpaired) electrons. The summed E-state index contributed by atoms with van der Waals surface area (Å²) in [5.74, 6) is 0.529. The van der Waals surface area contributed by atoms with Gasteiger partial charge in [0.2, 0.25) is 10.0 Å². The molecule has 0 amide bonds. The molecule has 1 aliphatic carbocycles. The number of nitrogens with zero attached hydrogens (tertiary/aromatic N) is 2. The van der Waals surface area contributed by atoms with Crippen LogP contribution in [0.25, 0.3) is 0 Å². The van der Waals surface area contributed by atoms with Gasteiger partial charge in [0.1, 0.15) is 11.9 Å². The molecule has 1 aromatic rings. The topological polar surface area (TPSA) is 94.9 Å². The summed E-state index contributed by atoms with van der Waals surface area (Å²) in [5.41, 5.74) is 2.02. The van der Waals surface area contributed by atoms with Crippen LogP contribution in [0.2, 0.25) is 0 Å². The Bertz CT molecular complexity index is 690. The zero-order chi connectivity index (χ0) is 15.7. The lowest BCUT2D eigenvalue weighted by atomic mass is 10.1. The Morgan fingerprint density at radius 1 is 1.43 bits per heavy atom. The summed E-state index contributed by atoms with van der Waals surface area (Å²) in [7, 11) is -3.29. The summed E-state index contributed by atoms with van der Waals surface area (Å²) in [4.78, 5) is 4.51. The Hall–Kier alpha value is -1.65. The highest BCUT2D eigenvalue weighted by molar-refractivity contribution is 7.88. The first kappa shape index (κ1) is 15.7. The van der Waals surface area contributed by atoms with Crippen molar-refractivity contribution in [2.75, 3.05) is 18.1 Å². The SMILES string of the molecule is CC(C)(CNc1nc2c(cc1C#N)CCC2)NS(C)(=O)=O. The summed E-state index contributed by atoms with van der Waals surface area (Å²) >= 11 is 0. The molecule has 2 N–H and O–H groups in total. The highest BCUT2D eigenvalue weighted by atomic mass is 32.2. The number of rotatable bonds is 5. The van der Waals surface area contributed by atoms with E-state index in [0.717, 1.165) is 36.8 Å². The summed E-state index contributed by atoms with van der Waals surface area (Å²) in [6.07, 6.45) is 4.10. The van der Waals surface area contributed by atoms with Crippen LogP contribution < -0.4 is 10.0 Å². The van der Waals surface area contributed by atoms with E-state index in [2.05, 4.69) is 21.1 Å². The van der Waals surface area contributed by atoms with Crippen LogP contribution in [-0.4, -0.2) is 31.7 Å². The molecule has 114 valence electrons. The number of aryl methyl sites for hydroxylation is 2. The van der Waals surface area contributed by atoms with Crippen LogP contribution in [0.4, 0.5) is 5.82 Å². The van der Waals surface area contributed by atoms with E-state index in [1.165, 1.54) is 0 Å². The standard InChI is InChI=1S/C14H20N4O2S/c1-14(2,18-21(3,19)20)9-16-13-11(8-15)7-10-5-4-6-12(10)17-13/h7,18H,4-6,9H2,1-3H3,(H,16,17). The molecule has 0 saturated carbocycles. The molecular weight excluding hydrogens is 288 g/mol. The lowest BCUT2D eigenvalue weighted by Gasteiger charge is -2.25. The fraction of sp³-hybridized carbons (Fsp3) is 0.571. The predicted octanol–water partition coefficient (Wildman–Crippen LogP) is 1.18. The van der Waals surface area contributed by atoms with Gasteiger partial charge >= 0.3 is 0 Å². The van der Waals surface area contributed by atoms with E-state index in [9.17, 15) is 13.7 Å². The Morgan fingerprint density at radius 2 is 2.14 bits per heavy atom. The lowest BCUT2D eigenvalue weighted by molar-refractivity contribution is 0.476. The van der Waals surface area contributed by atoms with Gasteiger partial charge < -0.3 is 5.32 Å². The number of aromatic nitrogens is 1. The normalized spacial score (nSPS) is 14.6. The van der Waals surface area contributed by atoms with Crippen molar-refractivity contribution in [1.29, 1.82) is 5.26 Å². The Labute approximate surface area is 125 Å². The van der Waals surface area contributed by atoms with Gasteiger partial charge in [-0.1, -0.05) is 0 Å². The maximum Gasteiger partial charge on any atom is 0.209 e. The van der Waals surface area contributed by atoms with Crippen LogP contribution in [0.3, 0.4) is 0 Å². The number of hydrogen-bond acceptors (Lipinski definition) is 5. The molecule has 0 aliphatic heterocycles. The van der Waals surface area contributed by atoms with Crippen LogP contribution in [-0.2, 0) is 22.9 Å². The molecule has 0 bridgehead atoms. The third kappa shape index (κ3) is 4.16. The average Bonchev–Trinajstić information content (AvgIpc) is 2.79. The maximum atomic E-state index is 11.3. The minimum absolute atomic E-state index is 0.348. The van der Waals surface area contributed by atoms with Gasteiger partial charge in [0.25, 0.3) is 0 Å². The molecule has 6 nitrogen and oxygen atoms in total. The minimum Gasteiger partial charge on any atom is -0.367 e. The van der Waals surface area contributed by atoms with E-state index in [4.69, 9.17) is 0 Å². The molecule has 0 spiro atoms. The smallest absolute Gasteiger partial charge is 0.209 e. The zero-order valence-corrected chi connectivity index (χ0v) is 13.3. The van der Waals surface area contributed by atoms with Crippen molar-refractivity contribution in [3.05, 3.63) is 22.9 Å². The highest BCUT2D eigenvalue weighted by Gasteiger charge is 2.23. The second kappa shape index (κ2) is 5.62. The van der Waals surface area contributed by atoms with Gasteiger partial charge in [-0.15, -0.1) is 0 Å². The van der Waals surface area contributed by atoms with E-state index < -0.39 is 15.6 Å². The predicted molar refractivity (Wildman–Crippen MR) is 81.5 cm³/mol. The first-order chi connectivity index (χ1) is 9.70. The van der Waals surface area contributed by atoms with Gasteiger partial charge in [-0.25, -0.2) is 18.1 Å². The van der Waals surface area contributed by atoms with E-state index in [0.29, 0.717) is 17.9 Å². The first-order valence-corrected chi connectivity index (χ1v) is 8.75. The van der Waals surface area contributed by atoms with Crippen LogP contribution in [0.5, 0.6) is 0 Å². The van der Waals surface area contributed by atoms with E-state index >= 15 is 0 Å². The second-order valence-corrected chi connectivity index (χ2v) is 7.82. The second-order valence-electron chi connectivity index (χ2n) is 6.07. The minimum atomic E-state index is -3.29. The van der Waals surface area contributed by atoms with Crippen LogP contribution in [0, 0.1) is 11.3 Å². The lowest BCUT2D eigenvalue weighted by Crippen LogP contribution is -2.47. The average molecular weight is 308 g/mol. The largest absolute Gasteiger partial charge is 0.367 e. The molecule has 7 heteroatoms. The Morgan fingerprint density at radius 3 is 2.76 bits per heavy atom. The van der Waals surface area contributed by atoms with Crippen LogP contribution in [0.1, 0.15) is 37.1 Å². The summed E-state index contributed by atoms with van der Waals surface area (Å²) in [6.45, 7) is 3.90. The third-order valence-electron chi connectivity index (χ3n) is 3.33. The molecule has 0 fully saturated rings. The fourth-order valence-corrected chi connectivity index (χ4v) is 3.61. The van der Waals surface area contributed by atoms with E-state index in [-0.39, 0.29) is 0 Å². The molecule has 0 aromatic carbocycles. The van der Waals surface area contributed by atoms with Crippen LogP contribution in [0.15, 0.2) is 6.07 Å². The number of sulfonamides is 1. The molecule has 1 aromatic heterocycles. The fourth-order valence-electron chi connectivity index (χ4n) is 2.53. The summed E-state index contributed by atoms with van der Waals surface area (Å²) in [5, 5.41) is 12.3. The zero-order valence-electron chi connectivity index (χ0n) is 12.5. The number of nitrogens with one attached hydrogen (secondary N) is 2. The number of anilines is 1. The number of nitriles is 1. The van der Waals surface area contributed by atoms with Gasteiger partial charge in [-0.2, -0.15) is 5.26 Å². The van der Waals surface area contributed by atoms with Gasteiger partial charge in [0.05, 0.1) is 11.8 Å². The molecule has 0 saturated heterocycles. The highest BCUT2D eigenvalue weighted by Crippen LogP contribution is 2.25. The van der Waals surface area contributed by atoms with Crippen molar-refractivity contribution >= 4 is 15.8 Å². The molecule has 1 heterocycles. The number of pyridine rings is 1. The molecule has 0 atom stereocenters. The molecule has 1 aliphatic rings. The molecule has 21 heavy (non-hydrogen) atoms. The number of hydrogen-bond donors (Lipinski definition) is 2. The molecular formula is C14H20N4O2S. The Balaban J connectivity index is 2.15. The van der Waals surface area contributed by atoms with Crippen molar-refractivity contribution in [3.8, 4) is 6.07 Å². The van der Waals surface area contributed by atoms with Gasteiger partial charge in [-0.05, 0) is 44.7 Å². The van der Waals surface area contributed by atoms with E-state index in [1.54, 1.807) is 13.8 Å². The third-order valence-corrected chi connectivity index (χ3v) is 4.25. The molecule has 2 rings (SSSR count). The number of fused-ring (bicyclic) bond motifs is 1. The van der Waals surface area contributed by atoms with Gasteiger partial charge in [-0.3, -0.25) is 0 Å². The van der Waals surface area contributed by atoms with Crippen molar-refractivity contribution in [2.45, 2.75) is 38.6 Å². The van der Waals surface area contributed by atoms with Crippen molar-refractivity contribution in [3.63, 3.8) is 0 Å². The maximum absolute atomic E-state index is 11.3. The van der Waals surface area contributed by atoms with Crippen molar-refractivity contribution in [2.24, 2.45) is 0 Å². The molecule has 0 unspecified atom stereocenters. The van der Waals surface area contributed by atoms with Crippen LogP contribution >= 0.6 is 0 Å². The van der Waals surface area contributed by atoms with E-state index in [1.807, 2.05) is 6.07 Å². The quantitative estimate of drug-likeness (QED) is 0.851. The van der Waals surface area contributed by atoms with Gasteiger partial charge in [0, 0.05) is 17.8 Å². The monoisotopic (exact) mass is 308 g/mol. The Kier molecular flexibility index (Phi) is 4.21. The summed E-state index contributed by atoms with van der Waals surface area (Å²) < 4.78 is 25.2. The van der Waals surface area contributed by atoms with Crippen molar-refractivity contribution in [1.82, 2.24) is 9.71 Å².